The highest BCUT2D eigenvalue weighted by atomic mass is 79.9. The van der Waals surface area contributed by atoms with E-state index in [0.717, 1.165) is 5.56 Å². The summed E-state index contributed by atoms with van der Waals surface area (Å²) in [6.07, 6.45) is 1.58. The van der Waals surface area contributed by atoms with Gasteiger partial charge >= 0.3 is 0 Å². The van der Waals surface area contributed by atoms with Gasteiger partial charge in [0.1, 0.15) is 10.2 Å². The summed E-state index contributed by atoms with van der Waals surface area (Å²) in [4.78, 5) is 16.3. The zero-order chi connectivity index (χ0) is 14.1. The molecule has 0 unspecified atom stereocenters. The highest BCUT2D eigenvalue weighted by molar-refractivity contribution is 9.10. The lowest BCUT2D eigenvalue weighted by atomic mass is 10.2. The van der Waals surface area contributed by atoms with Gasteiger partial charge in [0.25, 0.3) is 5.56 Å². The molecule has 2 heterocycles. The van der Waals surface area contributed by atoms with E-state index in [4.69, 9.17) is 11.6 Å². The van der Waals surface area contributed by atoms with Crippen molar-refractivity contribution in [3.63, 3.8) is 0 Å². The zero-order valence-electron chi connectivity index (χ0n) is 10.2. The van der Waals surface area contributed by atoms with Gasteiger partial charge in [-0.25, -0.2) is 9.67 Å². The molecule has 0 radical (unpaired) electrons. The van der Waals surface area contributed by atoms with Crippen LogP contribution in [0.15, 0.2) is 57.9 Å². The number of hydrogen-bond donors (Lipinski definition) is 1. The Labute approximate surface area is 128 Å². The number of aromatic nitrogens is 3. The molecule has 20 heavy (non-hydrogen) atoms. The third-order valence-corrected chi connectivity index (χ3v) is 3.90. The summed E-state index contributed by atoms with van der Waals surface area (Å²) in [5.74, 6) is 0. The monoisotopic (exact) mass is 349 g/mol. The van der Waals surface area contributed by atoms with Crippen molar-refractivity contribution in [2.24, 2.45) is 0 Å². The maximum absolute atomic E-state index is 12.3. The highest BCUT2D eigenvalue weighted by Gasteiger charge is 2.15. The van der Waals surface area contributed by atoms with Gasteiger partial charge in [0.15, 0.2) is 5.15 Å². The molecule has 0 atom stereocenters. The van der Waals surface area contributed by atoms with E-state index in [2.05, 4.69) is 26.0 Å². The van der Waals surface area contributed by atoms with Crippen LogP contribution in [-0.2, 0) is 0 Å². The van der Waals surface area contributed by atoms with Gasteiger partial charge in [-0.3, -0.25) is 9.89 Å². The highest BCUT2D eigenvalue weighted by Crippen LogP contribution is 2.25. The molecule has 0 saturated carbocycles. The summed E-state index contributed by atoms with van der Waals surface area (Å²) < 4.78 is 1.84. The predicted octanol–water partition coefficient (Wildman–Crippen LogP) is 3.64. The van der Waals surface area contributed by atoms with E-state index < -0.39 is 0 Å². The fourth-order valence-corrected chi connectivity index (χ4v) is 2.63. The van der Waals surface area contributed by atoms with Gasteiger partial charge in [-0.05, 0) is 28.1 Å². The van der Waals surface area contributed by atoms with Gasteiger partial charge in [-0.1, -0.05) is 41.9 Å². The average molecular weight is 351 g/mol. The molecule has 3 rings (SSSR count). The van der Waals surface area contributed by atoms with E-state index in [0.29, 0.717) is 15.9 Å². The van der Waals surface area contributed by atoms with Crippen molar-refractivity contribution >= 4 is 27.5 Å². The minimum Gasteiger partial charge on any atom is -0.289 e. The van der Waals surface area contributed by atoms with E-state index in [-0.39, 0.29) is 10.7 Å². The number of aromatic amines is 1. The third-order valence-electron chi connectivity index (χ3n) is 2.88. The lowest BCUT2D eigenvalue weighted by Gasteiger charge is -2.03. The number of H-pyrrole nitrogens is 1. The maximum Gasteiger partial charge on any atom is 0.286 e. The Morgan fingerprint density at radius 2 is 1.90 bits per heavy atom. The average Bonchev–Trinajstić information content (AvgIpc) is 2.77. The SMILES string of the molecule is O=c1c(Br)c(-c2ccccc2)[nH]n1-c1cccnc1Cl. The summed E-state index contributed by atoms with van der Waals surface area (Å²) >= 11 is 9.36. The molecule has 0 bridgehead atoms. The molecular formula is C14H9BrClN3O. The van der Waals surface area contributed by atoms with Crippen LogP contribution in [0.5, 0.6) is 0 Å². The van der Waals surface area contributed by atoms with Gasteiger partial charge < -0.3 is 0 Å². The fourth-order valence-electron chi connectivity index (χ4n) is 1.93. The van der Waals surface area contributed by atoms with E-state index in [1.165, 1.54) is 4.68 Å². The summed E-state index contributed by atoms with van der Waals surface area (Å²) in [5.41, 5.74) is 1.92. The summed E-state index contributed by atoms with van der Waals surface area (Å²) in [7, 11) is 0. The largest absolute Gasteiger partial charge is 0.289 e. The van der Waals surface area contributed by atoms with Crippen LogP contribution in [0, 0.1) is 0 Å². The quantitative estimate of drug-likeness (QED) is 0.717. The number of benzene rings is 1. The summed E-state index contributed by atoms with van der Waals surface area (Å²) in [6.45, 7) is 0. The summed E-state index contributed by atoms with van der Waals surface area (Å²) in [5, 5.41) is 3.32. The first kappa shape index (κ1) is 13.1. The number of nitrogens with zero attached hydrogens (tertiary/aromatic N) is 2. The van der Waals surface area contributed by atoms with E-state index in [1.54, 1.807) is 18.3 Å². The Bertz CT molecular complexity index is 811. The lowest BCUT2D eigenvalue weighted by molar-refractivity contribution is 0.846. The molecule has 0 fully saturated rings. The van der Waals surface area contributed by atoms with E-state index in [9.17, 15) is 4.79 Å². The molecule has 0 aliphatic rings. The fraction of sp³-hybridized carbons (Fsp3) is 0. The second kappa shape index (κ2) is 5.26. The van der Waals surface area contributed by atoms with Crippen LogP contribution >= 0.6 is 27.5 Å². The van der Waals surface area contributed by atoms with Crippen molar-refractivity contribution in [3.05, 3.63) is 68.6 Å². The molecule has 2 aromatic heterocycles. The molecule has 0 amide bonds. The van der Waals surface area contributed by atoms with Crippen molar-refractivity contribution in [3.8, 4) is 16.9 Å². The van der Waals surface area contributed by atoms with Gasteiger partial charge in [0.05, 0.1) is 5.69 Å². The number of pyridine rings is 1. The van der Waals surface area contributed by atoms with Crippen molar-refractivity contribution in [2.75, 3.05) is 0 Å². The van der Waals surface area contributed by atoms with Gasteiger partial charge in [-0.2, -0.15) is 0 Å². The van der Waals surface area contributed by atoms with Crippen LogP contribution in [0.4, 0.5) is 0 Å². The number of halogens is 2. The van der Waals surface area contributed by atoms with Crippen LogP contribution in [-0.4, -0.2) is 14.8 Å². The molecule has 6 heteroatoms. The molecule has 0 saturated heterocycles. The van der Waals surface area contributed by atoms with Crippen LogP contribution in [0.25, 0.3) is 16.9 Å². The number of nitrogens with one attached hydrogen (secondary N) is 1. The Morgan fingerprint density at radius 1 is 1.15 bits per heavy atom. The summed E-state index contributed by atoms with van der Waals surface area (Å²) in [6, 6.07) is 13.0. The van der Waals surface area contributed by atoms with Crippen LogP contribution in [0.1, 0.15) is 0 Å². The topological polar surface area (TPSA) is 50.7 Å². The molecule has 4 nitrogen and oxygen atoms in total. The smallest absolute Gasteiger partial charge is 0.286 e. The van der Waals surface area contributed by atoms with Gasteiger partial charge in [0.2, 0.25) is 0 Å². The first-order valence-electron chi connectivity index (χ1n) is 5.85. The van der Waals surface area contributed by atoms with Crippen molar-refractivity contribution in [2.45, 2.75) is 0 Å². The second-order valence-corrected chi connectivity index (χ2v) is 5.27. The molecule has 0 aliphatic carbocycles. The molecule has 100 valence electrons. The first-order valence-corrected chi connectivity index (χ1v) is 7.02. The van der Waals surface area contributed by atoms with Crippen molar-refractivity contribution < 1.29 is 0 Å². The Balaban J connectivity index is 2.22. The lowest BCUT2D eigenvalue weighted by Crippen LogP contribution is -2.15. The minimum atomic E-state index is -0.209. The van der Waals surface area contributed by atoms with Gasteiger partial charge in [-0.15, -0.1) is 0 Å². The molecule has 0 spiro atoms. The third kappa shape index (κ3) is 2.19. The Hall–Kier alpha value is -1.85. The molecular weight excluding hydrogens is 342 g/mol. The standard InChI is InChI=1S/C14H9BrClN3O/c15-11-12(9-5-2-1-3-6-9)18-19(14(11)20)10-7-4-8-17-13(10)16/h1-8,18H. The van der Waals surface area contributed by atoms with Crippen LogP contribution < -0.4 is 5.56 Å². The van der Waals surface area contributed by atoms with Gasteiger partial charge in [0, 0.05) is 11.8 Å². The Kier molecular flexibility index (Phi) is 3.46. The Morgan fingerprint density at radius 3 is 2.60 bits per heavy atom. The zero-order valence-corrected chi connectivity index (χ0v) is 12.5. The predicted molar refractivity (Wildman–Crippen MR) is 82.3 cm³/mol. The molecule has 1 N–H and O–H groups in total. The normalized spacial score (nSPS) is 10.7. The van der Waals surface area contributed by atoms with Crippen molar-refractivity contribution in [1.29, 1.82) is 0 Å². The second-order valence-electron chi connectivity index (χ2n) is 4.12. The van der Waals surface area contributed by atoms with E-state index in [1.807, 2.05) is 30.3 Å². The molecule has 1 aromatic carbocycles. The molecule has 0 aliphatic heterocycles. The number of hydrogen-bond acceptors (Lipinski definition) is 2. The maximum atomic E-state index is 12.3. The molecule has 3 aromatic rings. The van der Waals surface area contributed by atoms with Crippen molar-refractivity contribution in [1.82, 2.24) is 14.8 Å². The van der Waals surface area contributed by atoms with Crippen LogP contribution in [0.3, 0.4) is 0 Å². The van der Waals surface area contributed by atoms with E-state index >= 15 is 0 Å². The number of rotatable bonds is 2. The van der Waals surface area contributed by atoms with Crippen LogP contribution in [0.2, 0.25) is 5.15 Å². The first-order chi connectivity index (χ1) is 9.68. The minimum absolute atomic E-state index is 0.209.